The minimum Gasteiger partial charge on any atom is -0.352 e. The molecular weight excluding hydrogens is 364 g/mol. The van der Waals surface area contributed by atoms with E-state index in [-0.39, 0.29) is 17.3 Å². The summed E-state index contributed by atoms with van der Waals surface area (Å²) in [6.07, 6.45) is 1.71. The van der Waals surface area contributed by atoms with Gasteiger partial charge in [0.05, 0.1) is 17.4 Å². The van der Waals surface area contributed by atoms with E-state index in [4.69, 9.17) is 0 Å². The molecule has 2 aromatic rings. The van der Waals surface area contributed by atoms with Gasteiger partial charge in [0.25, 0.3) is 5.91 Å². The summed E-state index contributed by atoms with van der Waals surface area (Å²) in [5, 5.41) is 2.85. The molecule has 0 saturated carbocycles. The van der Waals surface area contributed by atoms with Crippen molar-refractivity contribution in [1.82, 2.24) is 5.32 Å². The van der Waals surface area contributed by atoms with Crippen molar-refractivity contribution in [1.29, 1.82) is 0 Å². The molecule has 1 atom stereocenters. The lowest BCUT2D eigenvalue weighted by molar-refractivity contribution is -0.119. The van der Waals surface area contributed by atoms with Crippen LogP contribution in [0.25, 0.3) is 0 Å². The predicted molar refractivity (Wildman–Crippen MR) is 104 cm³/mol. The van der Waals surface area contributed by atoms with Gasteiger partial charge >= 0.3 is 0 Å². The lowest BCUT2D eigenvalue weighted by Crippen LogP contribution is -2.30. The number of sulfonamides is 1. The molecule has 6 nitrogen and oxygen atoms in total. The zero-order valence-electron chi connectivity index (χ0n) is 15.1. The van der Waals surface area contributed by atoms with Crippen molar-refractivity contribution < 1.29 is 18.0 Å². The lowest BCUT2D eigenvalue weighted by Gasteiger charge is -2.15. The third kappa shape index (κ3) is 4.36. The van der Waals surface area contributed by atoms with Gasteiger partial charge in [-0.3, -0.25) is 9.59 Å². The maximum atomic E-state index is 12.2. The van der Waals surface area contributed by atoms with Crippen LogP contribution < -0.4 is 9.62 Å². The van der Waals surface area contributed by atoms with E-state index >= 15 is 0 Å². The summed E-state index contributed by atoms with van der Waals surface area (Å²) in [5.74, 6) is -1.40. The van der Waals surface area contributed by atoms with Crippen molar-refractivity contribution >= 4 is 27.5 Å². The zero-order chi connectivity index (χ0) is 19.4. The summed E-state index contributed by atoms with van der Waals surface area (Å²) < 4.78 is 25.1. The van der Waals surface area contributed by atoms with Gasteiger partial charge in [0, 0.05) is 12.1 Å². The fraction of sp³-hybridized carbons (Fsp3) is 0.300. The zero-order valence-corrected chi connectivity index (χ0v) is 15.9. The minimum absolute atomic E-state index is 0.185. The summed E-state index contributed by atoms with van der Waals surface area (Å²) in [4.78, 5) is 24.3. The van der Waals surface area contributed by atoms with Gasteiger partial charge in [0.15, 0.2) is 0 Å². The van der Waals surface area contributed by atoms with Crippen LogP contribution in [0.3, 0.4) is 0 Å². The first kappa shape index (κ1) is 19.1. The molecule has 2 amide bonds. The van der Waals surface area contributed by atoms with Crippen LogP contribution in [0.1, 0.15) is 29.3 Å². The van der Waals surface area contributed by atoms with Crippen LogP contribution in [0.4, 0.5) is 5.69 Å². The molecule has 1 N–H and O–H groups in total. The van der Waals surface area contributed by atoms with E-state index < -0.39 is 21.8 Å². The van der Waals surface area contributed by atoms with E-state index in [1.54, 1.807) is 6.92 Å². The van der Waals surface area contributed by atoms with Crippen LogP contribution in [0.15, 0.2) is 54.6 Å². The Morgan fingerprint density at radius 3 is 2.37 bits per heavy atom. The molecule has 0 unspecified atom stereocenters. The van der Waals surface area contributed by atoms with Gasteiger partial charge in [-0.15, -0.1) is 0 Å². The van der Waals surface area contributed by atoms with Crippen molar-refractivity contribution in [2.75, 3.05) is 16.6 Å². The molecule has 0 bridgehead atoms. The first-order chi connectivity index (χ1) is 12.9. The number of hydrogen-bond donors (Lipinski definition) is 1. The van der Waals surface area contributed by atoms with Crippen molar-refractivity contribution in [3.8, 4) is 0 Å². The number of benzene rings is 2. The van der Waals surface area contributed by atoms with Gasteiger partial charge in [-0.25, -0.2) is 12.7 Å². The van der Waals surface area contributed by atoms with Crippen LogP contribution in [0.5, 0.6) is 0 Å². The molecule has 0 aromatic heterocycles. The standard InChI is InChI=1S/C20H22N2O4S/c1-15-14-27(25,26)22(20(15)24)18-11-9-17(10-12-18)19(23)21-13-5-8-16-6-3-2-4-7-16/h2-4,6-7,9-12,15H,5,8,13-14H2,1H3,(H,21,23)/t15-/m1/s1. The number of rotatable bonds is 6. The largest absolute Gasteiger partial charge is 0.352 e. The van der Waals surface area contributed by atoms with Crippen molar-refractivity contribution in [3.63, 3.8) is 0 Å². The SMILES string of the molecule is C[C@@H]1CS(=O)(=O)N(c2ccc(C(=O)NCCCc3ccccc3)cc2)C1=O. The molecule has 7 heteroatoms. The first-order valence-electron chi connectivity index (χ1n) is 8.87. The number of carbonyl (C=O) groups is 2. The van der Waals surface area contributed by atoms with E-state index in [0.29, 0.717) is 12.1 Å². The second kappa shape index (κ2) is 7.92. The fourth-order valence-corrected chi connectivity index (χ4v) is 4.90. The molecule has 3 rings (SSSR count). The Kier molecular flexibility index (Phi) is 5.60. The number of nitrogens with one attached hydrogen (secondary N) is 1. The van der Waals surface area contributed by atoms with Crippen molar-refractivity contribution in [3.05, 3.63) is 65.7 Å². The minimum atomic E-state index is -3.63. The fourth-order valence-electron chi connectivity index (χ4n) is 3.08. The molecule has 1 heterocycles. The van der Waals surface area contributed by atoms with E-state index in [2.05, 4.69) is 17.4 Å². The molecule has 0 aliphatic carbocycles. The topological polar surface area (TPSA) is 83.6 Å². The average molecular weight is 386 g/mol. The quantitative estimate of drug-likeness (QED) is 0.773. The Morgan fingerprint density at radius 1 is 1.11 bits per heavy atom. The normalized spacial score (nSPS) is 18.5. The van der Waals surface area contributed by atoms with Gasteiger partial charge in [0.2, 0.25) is 15.9 Å². The Labute approximate surface area is 159 Å². The summed E-state index contributed by atoms with van der Waals surface area (Å²) in [7, 11) is -3.63. The highest BCUT2D eigenvalue weighted by Crippen LogP contribution is 2.28. The number of hydrogen-bond acceptors (Lipinski definition) is 4. The molecule has 2 aromatic carbocycles. The van der Waals surface area contributed by atoms with Crippen LogP contribution in [0.2, 0.25) is 0 Å². The number of amides is 2. The van der Waals surface area contributed by atoms with Crippen molar-refractivity contribution in [2.24, 2.45) is 5.92 Å². The Hall–Kier alpha value is -2.67. The first-order valence-corrected chi connectivity index (χ1v) is 10.5. The molecule has 1 saturated heterocycles. The molecule has 27 heavy (non-hydrogen) atoms. The highest BCUT2D eigenvalue weighted by atomic mass is 32.2. The van der Waals surface area contributed by atoms with Gasteiger partial charge in [-0.05, 0) is 42.7 Å². The second-order valence-corrected chi connectivity index (χ2v) is 8.54. The molecule has 0 radical (unpaired) electrons. The maximum absolute atomic E-state index is 12.2. The highest BCUT2D eigenvalue weighted by Gasteiger charge is 2.41. The van der Waals surface area contributed by atoms with Crippen molar-refractivity contribution in [2.45, 2.75) is 19.8 Å². The summed E-state index contributed by atoms with van der Waals surface area (Å²) in [6, 6.07) is 16.1. The van der Waals surface area contributed by atoms with Crippen LogP contribution in [-0.2, 0) is 21.2 Å². The summed E-state index contributed by atoms with van der Waals surface area (Å²) in [6.45, 7) is 2.14. The van der Waals surface area contributed by atoms with E-state index in [1.165, 1.54) is 29.8 Å². The Bertz CT molecular complexity index is 924. The molecule has 1 fully saturated rings. The summed E-state index contributed by atoms with van der Waals surface area (Å²) >= 11 is 0. The van der Waals surface area contributed by atoms with Gasteiger partial charge in [0.1, 0.15) is 0 Å². The third-order valence-electron chi connectivity index (χ3n) is 4.50. The summed E-state index contributed by atoms with van der Waals surface area (Å²) in [5.41, 5.74) is 1.92. The van der Waals surface area contributed by atoms with E-state index in [9.17, 15) is 18.0 Å². The number of anilines is 1. The molecule has 0 spiro atoms. The number of aryl methyl sites for hydroxylation is 1. The third-order valence-corrected chi connectivity index (χ3v) is 6.36. The Morgan fingerprint density at radius 2 is 1.78 bits per heavy atom. The smallest absolute Gasteiger partial charge is 0.251 e. The predicted octanol–water partition coefficient (Wildman–Crippen LogP) is 2.36. The average Bonchev–Trinajstić information content (AvgIpc) is 2.86. The number of nitrogens with zero attached hydrogens (tertiary/aromatic N) is 1. The second-order valence-electron chi connectivity index (χ2n) is 6.67. The van der Waals surface area contributed by atoms with E-state index in [1.807, 2.05) is 18.2 Å². The van der Waals surface area contributed by atoms with E-state index in [0.717, 1.165) is 17.1 Å². The lowest BCUT2D eigenvalue weighted by atomic mass is 10.1. The van der Waals surface area contributed by atoms with Crippen LogP contribution >= 0.6 is 0 Å². The highest BCUT2D eigenvalue weighted by molar-refractivity contribution is 7.94. The van der Waals surface area contributed by atoms with Crippen LogP contribution in [0, 0.1) is 5.92 Å². The van der Waals surface area contributed by atoms with Gasteiger partial charge in [-0.2, -0.15) is 0 Å². The molecular formula is C20H22N2O4S. The number of carbonyl (C=O) groups excluding carboxylic acids is 2. The van der Waals surface area contributed by atoms with Crippen LogP contribution in [-0.4, -0.2) is 32.5 Å². The molecule has 1 aliphatic heterocycles. The van der Waals surface area contributed by atoms with Gasteiger partial charge in [-0.1, -0.05) is 37.3 Å². The molecule has 1 aliphatic rings. The molecule has 142 valence electrons. The Balaban J connectivity index is 1.57. The maximum Gasteiger partial charge on any atom is 0.251 e. The van der Waals surface area contributed by atoms with Gasteiger partial charge < -0.3 is 5.32 Å². The monoisotopic (exact) mass is 386 g/mol.